The summed E-state index contributed by atoms with van der Waals surface area (Å²) in [6, 6.07) is 15.2. The van der Waals surface area contributed by atoms with Crippen molar-refractivity contribution in [2.24, 2.45) is 0 Å². The first-order valence-electron chi connectivity index (χ1n) is 10.5. The minimum Gasteiger partial charge on any atom is -0.475 e. The van der Waals surface area contributed by atoms with Gasteiger partial charge in [0.15, 0.2) is 0 Å². The van der Waals surface area contributed by atoms with E-state index in [-0.39, 0.29) is 5.91 Å². The van der Waals surface area contributed by atoms with Crippen molar-refractivity contribution in [1.82, 2.24) is 15.0 Å². The fourth-order valence-electron chi connectivity index (χ4n) is 2.65. The highest BCUT2D eigenvalue weighted by atomic mass is 19.4. The molecule has 12 heteroatoms. The van der Waals surface area contributed by atoms with Crippen LogP contribution in [0.3, 0.4) is 0 Å². The van der Waals surface area contributed by atoms with Gasteiger partial charge < -0.3 is 21.1 Å². The first kappa shape index (κ1) is 27.0. The number of para-hydroxylation sites is 1. The zero-order valence-electron chi connectivity index (χ0n) is 18.8. The molecule has 0 fully saturated rings. The molecule has 0 saturated heterocycles. The van der Waals surface area contributed by atoms with Gasteiger partial charge in [-0.1, -0.05) is 24.3 Å². The molecule has 2 heterocycles. The van der Waals surface area contributed by atoms with Crippen LogP contribution in [0.1, 0.15) is 17.7 Å². The molecule has 0 spiro atoms. The van der Waals surface area contributed by atoms with E-state index in [1.807, 2.05) is 61.7 Å². The van der Waals surface area contributed by atoms with Crippen LogP contribution >= 0.6 is 0 Å². The van der Waals surface area contributed by atoms with Crippen LogP contribution in [0.2, 0.25) is 0 Å². The predicted molar refractivity (Wildman–Crippen MR) is 125 cm³/mol. The maximum absolute atomic E-state index is 12.0. The lowest BCUT2D eigenvalue weighted by atomic mass is 10.2. The van der Waals surface area contributed by atoms with Crippen LogP contribution in [0, 0.1) is 6.92 Å². The smallest absolute Gasteiger partial charge is 0.475 e. The Balaban J connectivity index is 0.000000540. The lowest BCUT2D eigenvalue weighted by molar-refractivity contribution is -0.192. The number of aromatic nitrogens is 3. The molecule has 9 nitrogen and oxygen atoms in total. The molecular formula is C23H25F3N6O3. The zero-order chi connectivity index (χ0) is 25.7. The number of carboxylic acids is 1. The largest absolute Gasteiger partial charge is 0.490 e. The molecule has 0 atom stereocenters. The molecule has 0 aliphatic heterocycles. The molecule has 0 saturated carbocycles. The first-order valence-corrected chi connectivity index (χ1v) is 10.5. The van der Waals surface area contributed by atoms with Gasteiger partial charge in [0.05, 0.1) is 0 Å². The Morgan fingerprint density at radius 3 is 2.34 bits per heavy atom. The number of nitrogens with one attached hydrogen (secondary N) is 3. The molecule has 0 unspecified atom stereocenters. The summed E-state index contributed by atoms with van der Waals surface area (Å²) in [6.07, 6.45) is -0.278. The topological polar surface area (TPSA) is 129 Å². The molecular weight excluding hydrogens is 465 g/mol. The molecule has 3 aromatic rings. The molecule has 3 rings (SSSR count). The number of pyridine rings is 1. The molecule has 1 amide bonds. The maximum atomic E-state index is 12.0. The van der Waals surface area contributed by atoms with Gasteiger partial charge in [-0.25, -0.2) is 9.78 Å². The Morgan fingerprint density at radius 2 is 1.71 bits per heavy atom. The van der Waals surface area contributed by atoms with Gasteiger partial charge in [0.2, 0.25) is 11.9 Å². The van der Waals surface area contributed by atoms with Crippen LogP contribution in [0.25, 0.3) is 0 Å². The third-order valence-electron chi connectivity index (χ3n) is 4.23. The third kappa shape index (κ3) is 11.0. The fraction of sp³-hybridized carbons (Fsp3) is 0.261. The van der Waals surface area contributed by atoms with Crippen LogP contribution in [0.5, 0.6) is 0 Å². The monoisotopic (exact) mass is 490 g/mol. The highest BCUT2D eigenvalue weighted by molar-refractivity contribution is 5.90. The molecule has 35 heavy (non-hydrogen) atoms. The number of amides is 1. The van der Waals surface area contributed by atoms with E-state index in [2.05, 4.69) is 30.9 Å². The van der Waals surface area contributed by atoms with Crippen LogP contribution in [-0.4, -0.2) is 51.2 Å². The van der Waals surface area contributed by atoms with Gasteiger partial charge in [-0.15, -0.1) is 0 Å². The Bertz CT molecular complexity index is 1080. The SMILES string of the molecule is Cc1cc(NCCC(=O)Nc2ccccc2)nc(NCCc2cccnc2)n1.O=C(O)C(F)(F)F. The van der Waals surface area contributed by atoms with Crippen molar-refractivity contribution in [2.45, 2.75) is 25.9 Å². The van der Waals surface area contributed by atoms with Gasteiger partial charge in [0, 0.05) is 49.4 Å². The van der Waals surface area contributed by atoms with E-state index in [4.69, 9.17) is 9.90 Å². The highest BCUT2D eigenvalue weighted by Crippen LogP contribution is 2.13. The molecule has 0 bridgehead atoms. The number of rotatable bonds is 9. The van der Waals surface area contributed by atoms with Crippen LogP contribution in [0.4, 0.5) is 30.6 Å². The van der Waals surface area contributed by atoms with Crippen molar-refractivity contribution in [3.05, 3.63) is 72.2 Å². The number of benzene rings is 1. The summed E-state index contributed by atoms with van der Waals surface area (Å²) in [4.78, 5) is 33.9. The zero-order valence-corrected chi connectivity index (χ0v) is 18.8. The molecule has 0 aliphatic carbocycles. The van der Waals surface area contributed by atoms with Crippen molar-refractivity contribution in [2.75, 3.05) is 29.0 Å². The van der Waals surface area contributed by atoms with Crippen LogP contribution in [-0.2, 0) is 16.0 Å². The summed E-state index contributed by atoms with van der Waals surface area (Å²) in [6.45, 7) is 3.12. The third-order valence-corrected chi connectivity index (χ3v) is 4.23. The van der Waals surface area contributed by atoms with Crippen LogP contribution in [0.15, 0.2) is 60.9 Å². The van der Waals surface area contributed by atoms with E-state index in [1.165, 1.54) is 0 Å². The Morgan fingerprint density at radius 1 is 1.00 bits per heavy atom. The molecule has 4 N–H and O–H groups in total. The number of aliphatic carboxylic acids is 1. The summed E-state index contributed by atoms with van der Waals surface area (Å²) in [7, 11) is 0. The maximum Gasteiger partial charge on any atom is 0.490 e. The van der Waals surface area contributed by atoms with Crippen LogP contribution < -0.4 is 16.0 Å². The number of hydrogen-bond acceptors (Lipinski definition) is 7. The van der Waals surface area contributed by atoms with E-state index in [1.54, 1.807) is 6.20 Å². The van der Waals surface area contributed by atoms with Gasteiger partial charge in [-0.3, -0.25) is 9.78 Å². The van der Waals surface area contributed by atoms with Crippen molar-refractivity contribution in [3.8, 4) is 0 Å². The van der Waals surface area contributed by atoms with E-state index >= 15 is 0 Å². The summed E-state index contributed by atoms with van der Waals surface area (Å²) in [5, 5.41) is 16.4. The molecule has 186 valence electrons. The number of nitrogens with zero attached hydrogens (tertiary/aromatic N) is 3. The van der Waals surface area contributed by atoms with Gasteiger partial charge in [-0.05, 0) is 37.1 Å². The number of aryl methyl sites for hydroxylation is 1. The van der Waals surface area contributed by atoms with Gasteiger partial charge >= 0.3 is 12.1 Å². The molecule has 0 radical (unpaired) electrons. The fourth-order valence-corrected chi connectivity index (χ4v) is 2.65. The molecule has 1 aromatic carbocycles. The minimum absolute atomic E-state index is 0.0423. The lowest BCUT2D eigenvalue weighted by Gasteiger charge is -2.10. The van der Waals surface area contributed by atoms with Gasteiger partial charge in [0.1, 0.15) is 5.82 Å². The van der Waals surface area contributed by atoms with Crippen molar-refractivity contribution in [1.29, 1.82) is 0 Å². The molecule has 0 aliphatic rings. The summed E-state index contributed by atoms with van der Waals surface area (Å²) >= 11 is 0. The van der Waals surface area contributed by atoms with E-state index < -0.39 is 12.1 Å². The number of hydrogen-bond donors (Lipinski definition) is 4. The van der Waals surface area contributed by atoms with E-state index in [0.717, 1.165) is 23.4 Å². The number of alkyl halides is 3. The number of carbonyl (C=O) groups excluding carboxylic acids is 1. The number of halogens is 3. The number of anilines is 3. The summed E-state index contributed by atoms with van der Waals surface area (Å²) in [5.74, 6) is -1.53. The number of carbonyl (C=O) groups is 2. The minimum atomic E-state index is -5.08. The van der Waals surface area contributed by atoms with Crippen molar-refractivity contribution < 1.29 is 27.9 Å². The summed E-state index contributed by atoms with van der Waals surface area (Å²) < 4.78 is 31.7. The van der Waals surface area contributed by atoms with E-state index in [0.29, 0.717) is 31.3 Å². The predicted octanol–water partition coefficient (Wildman–Crippen LogP) is 3.91. The van der Waals surface area contributed by atoms with Gasteiger partial charge in [-0.2, -0.15) is 18.2 Å². The Labute approximate surface area is 199 Å². The standard InChI is InChI=1S/C21H24N6O.C2HF3O2/c1-16-14-19(23-13-10-20(28)26-18-7-3-2-4-8-18)27-21(25-16)24-12-9-17-6-5-11-22-15-17;3-2(4,5)1(6)7/h2-8,11,14-15H,9-10,12-13H2,1H3,(H,26,28)(H2,23,24,25,27);(H,6,7). The lowest BCUT2D eigenvalue weighted by Crippen LogP contribution is -2.21. The molecule has 2 aromatic heterocycles. The van der Waals surface area contributed by atoms with Gasteiger partial charge in [0.25, 0.3) is 0 Å². The second-order valence-electron chi connectivity index (χ2n) is 7.15. The van der Waals surface area contributed by atoms with Crippen molar-refractivity contribution in [3.63, 3.8) is 0 Å². The number of carboxylic acid groups (broad SMARTS) is 1. The van der Waals surface area contributed by atoms with E-state index in [9.17, 15) is 18.0 Å². The highest BCUT2D eigenvalue weighted by Gasteiger charge is 2.38. The second-order valence-corrected chi connectivity index (χ2v) is 7.15. The Hall–Kier alpha value is -4.22. The Kier molecular flexibility index (Phi) is 10.4. The summed E-state index contributed by atoms with van der Waals surface area (Å²) in [5.41, 5.74) is 2.81. The average molecular weight is 490 g/mol. The first-order chi connectivity index (χ1) is 16.6. The van der Waals surface area contributed by atoms with Crippen molar-refractivity contribution >= 4 is 29.3 Å². The normalized spacial score (nSPS) is 10.5. The average Bonchev–Trinajstić information content (AvgIpc) is 2.80. The second kappa shape index (κ2) is 13.5. The quantitative estimate of drug-likeness (QED) is 0.355.